The second kappa shape index (κ2) is 4.83. The van der Waals surface area contributed by atoms with Gasteiger partial charge in [0.2, 0.25) is 0 Å². The molecule has 0 bridgehead atoms. The van der Waals surface area contributed by atoms with E-state index in [1.54, 1.807) is 6.20 Å². The summed E-state index contributed by atoms with van der Waals surface area (Å²) in [5, 5.41) is 9.54. The highest BCUT2D eigenvalue weighted by Crippen LogP contribution is 2.24. The first-order chi connectivity index (χ1) is 8.08. The Morgan fingerprint density at radius 1 is 1.35 bits per heavy atom. The maximum Gasteiger partial charge on any atom is 0.149 e. The van der Waals surface area contributed by atoms with Crippen molar-refractivity contribution >= 4 is 21.6 Å². The molecule has 1 heterocycles. The van der Waals surface area contributed by atoms with Crippen LogP contribution >= 0.6 is 15.9 Å². The van der Waals surface area contributed by atoms with Crippen molar-refractivity contribution in [2.75, 3.05) is 5.32 Å². The van der Waals surface area contributed by atoms with Gasteiger partial charge in [-0.1, -0.05) is 0 Å². The molecule has 0 aliphatic carbocycles. The van der Waals surface area contributed by atoms with E-state index in [1.165, 1.54) is 6.07 Å². The molecular weight excluding hydrogens is 292 g/mol. The van der Waals surface area contributed by atoms with Crippen LogP contribution in [0.25, 0.3) is 0 Å². The van der Waals surface area contributed by atoms with Crippen LogP contribution in [0, 0.1) is 18.6 Å². The minimum Gasteiger partial charge on any atom is -0.378 e. The van der Waals surface area contributed by atoms with Gasteiger partial charge in [0.15, 0.2) is 0 Å². The number of aromatic nitrogens is 2. The maximum atomic E-state index is 13.4. The van der Waals surface area contributed by atoms with Gasteiger partial charge < -0.3 is 5.32 Å². The molecule has 0 fully saturated rings. The molecule has 0 saturated heterocycles. The predicted octanol–water partition coefficient (Wildman–Crippen LogP) is 3.37. The number of benzene rings is 1. The molecule has 6 heteroatoms. The summed E-state index contributed by atoms with van der Waals surface area (Å²) < 4.78 is 26.6. The van der Waals surface area contributed by atoms with Crippen molar-refractivity contribution in [3.63, 3.8) is 0 Å². The third-order valence-corrected chi connectivity index (χ3v) is 3.02. The minimum absolute atomic E-state index is 0.227. The van der Waals surface area contributed by atoms with Gasteiger partial charge in [-0.15, -0.1) is 0 Å². The van der Waals surface area contributed by atoms with E-state index in [0.717, 1.165) is 17.3 Å². The van der Waals surface area contributed by atoms with Gasteiger partial charge in [0.1, 0.15) is 11.6 Å². The molecule has 0 radical (unpaired) electrons. The number of nitrogens with zero attached hydrogens (tertiary/aromatic N) is 1. The quantitative estimate of drug-likeness (QED) is 0.853. The van der Waals surface area contributed by atoms with Crippen molar-refractivity contribution in [2.45, 2.75) is 13.5 Å². The van der Waals surface area contributed by atoms with Gasteiger partial charge in [0.25, 0.3) is 0 Å². The standard InChI is InChI=1S/C11H10BrF2N3/c1-6-7(5-16-17-6)4-15-11-2-8(12)9(13)3-10(11)14/h2-3,5,15H,4H2,1H3,(H,16,17). The third kappa shape index (κ3) is 2.63. The molecule has 17 heavy (non-hydrogen) atoms. The highest BCUT2D eigenvalue weighted by Gasteiger charge is 2.08. The van der Waals surface area contributed by atoms with Gasteiger partial charge in [-0.2, -0.15) is 5.10 Å². The summed E-state index contributed by atoms with van der Waals surface area (Å²) in [6, 6.07) is 2.22. The Labute approximate surface area is 105 Å². The molecule has 0 amide bonds. The van der Waals surface area contributed by atoms with Crippen LogP contribution in [0.3, 0.4) is 0 Å². The molecule has 2 aromatic rings. The van der Waals surface area contributed by atoms with E-state index in [2.05, 4.69) is 31.4 Å². The van der Waals surface area contributed by atoms with E-state index in [0.29, 0.717) is 6.54 Å². The lowest BCUT2D eigenvalue weighted by atomic mass is 10.2. The molecule has 0 aliphatic rings. The average molecular weight is 302 g/mol. The highest BCUT2D eigenvalue weighted by atomic mass is 79.9. The molecular formula is C11H10BrF2N3. The molecule has 2 N–H and O–H groups in total. The first kappa shape index (κ1) is 12.0. The summed E-state index contributed by atoms with van der Waals surface area (Å²) in [6.45, 7) is 2.30. The summed E-state index contributed by atoms with van der Waals surface area (Å²) >= 11 is 3.01. The Kier molecular flexibility index (Phi) is 3.42. The lowest BCUT2D eigenvalue weighted by molar-refractivity contribution is 0.580. The highest BCUT2D eigenvalue weighted by molar-refractivity contribution is 9.10. The number of aromatic amines is 1. The topological polar surface area (TPSA) is 40.7 Å². The van der Waals surface area contributed by atoms with Crippen molar-refractivity contribution < 1.29 is 8.78 Å². The lowest BCUT2D eigenvalue weighted by Crippen LogP contribution is -2.02. The van der Waals surface area contributed by atoms with Crippen molar-refractivity contribution in [1.29, 1.82) is 0 Å². The van der Waals surface area contributed by atoms with Gasteiger partial charge in [0.05, 0.1) is 16.4 Å². The second-order valence-corrected chi connectivity index (χ2v) is 4.47. The largest absolute Gasteiger partial charge is 0.378 e. The Morgan fingerprint density at radius 3 is 2.76 bits per heavy atom. The number of anilines is 1. The first-order valence-corrected chi connectivity index (χ1v) is 5.74. The van der Waals surface area contributed by atoms with Crippen LogP contribution in [0.15, 0.2) is 22.8 Å². The molecule has 0 aliphatic heterocycles. The second-order valence-electron chi connectivity index (χ2n) is 3.62. The number of aryl methyl sites for hydroxylation is 1. The number of nitrogens with one attached hydrogen (secondary N) is 2. The van der Waals surface area contributed by atoms with E-state index in [9.17, 15) is 8.78 Å². The van der Waals surface area contributed by atoms with E-state index in [4.69, 9.17) is 0 Å². The van der Waals surface area contributed by atoms with E-state index in [1.807, 2.05) is 6.92 Å². The number of rotatable bonds is 3. The summed E-state index contributed by atoms with van der Waals surface area (Å²) in [5.41, 5.74) is 2.10. The molecule has 0 saturated carbocycles. The first-order valence-electron chi connectivity index (χ1n) is 4.95. The zero-order chi connectivity index (χ0) is 12.4. The zero-order valence-electron chi connectivity index (χ0n) is 9.02. The molecule has 3 nitrogen and oxygen atoms in total. The fourth-order valence-corrected chi connectivity index (χ4v) is 1.75. The molecule has 1 aromatic heterocycles. The van der Waals surface area contributed by atoms with E-state index < -0.39 is 11.6 Å². The van der Waals surface area contributed by atoms with Crippen LogP contribution in [0.5, 0.6) is 0 Å². The molecule has 1 aromatic carbocycles. The van der Waals surface area contributed by atoms with Gasteiger partial charge in [-0.05, 0) is 28.9 Å². The number of hydrogen-bond acceptors (Lipinski definition) is 2. The number of halogens is 3. The van der Waals surface area contributed by atoms with Gasteiger partial charge in [-0.3, -0.25) is 5.10 Å². The summed E-state index contributed by atoms with van der Waals surface area (Å²) in [4.78, 5) is 0. The SMILES string of the molecule is Cc1[nH]ncc1CNc1cc(Br)c(F)cc1F. The summed E-state index contributed by atoms with van der Waals surface area (Å²) in [6.07, 6.45) is 1.67. The van der Waals surface area contributed by atoms with Crippen molar-refractivity contribution in [3.05, 3.63) is 45.7 Å². The number of H-pyrrole nitrogens is 1. The maximum absolute atomic E-state index is 13.4. The van der Waals surface area contributed by atoms with Crippen molar-refractivity contribution in [2.24, 2.45) is 0 Å². The fourth-order valence-electron chi connectivity index (χ4n) is 1.40. The van der Waals surface area contributed by atoms with Crippen molar-refractivity contribution in [1.82, 2.24) is 10.2 Å². The smallest absolute Gasteiger partial charge is 0.149 e. The molecule has 2 rings (SSSR count). The fraction of sp³-hybridized carbons (Fsp3) is 0.182. The Balaban J connectivity index is 2.14. The molecule has 0 atom stereocenters. The Bertz CT molecular complexity index is 540. The molecule has 0 unspecified atom stereocenters. The predicted molar refractivity (Wildman–Crippen MR) is 64.7 cm³/mol. The Hall–Kier alpha value is -1.43. The normalized spacial score (nSPS) is 10.6. The van der Waals surface area contributed by atoms with Gasteiger partial charge >= 0.3 is 0 Å². The van der Waals surface area contributed by atoms with Crippen molar-refractivity contribution in [3.8, 4) is 0 Å². The third-order valence-electron chi connectivity index (χ3n) is 2.41. The van der Waals surface area contributed by atoms with E-state index >= 15 is 0 Å². The number of hydrogen-bond donors (Lipinski definition) is 2. The monoisotopic (exact) mass is 301 g/mol. The molecule has 90 valence electrons. The summed E-state index contributed by atoms with van der Waals surface area (Å²) in [7, 11) is 0. The van der Waals surface area contributed by atoms with Crippen LogP contribution in [0.2, 0.25) is 0 Å². The van der Waals surface area contributed by atoms with Gasteiger partial charge in [0, 0.05) is 23.9 Å². The molecule has 0 spiro atoms. The van der Waals surface area contributed by atoms with Crippen LogP contribution in [0.4, 0.5) is 14.5 Å². The van der Waals surface area contributed by atoms with Crippen LogP contribution in [0.1, 0.15) is 11.3 Å². The zero-order valence-corrected chi connectivity index (χ0v) is 10.6. The summed E-state index contributed by atoms with van der Waals surface area (Å²) in [5.74, 6) is -1.24. The van der Waals surface area contributed by atoms with Crippen LogP contribution in [-0.2, 0) is 6.54 Å². The minimum atomic E-state index is -0.619. The Morgan fingerprint density at radius 2 is 2.12 bits per heavy atom. The van der Waals surface area contributed by atoms with E-state index in [-0.39, 0.29) is 10.2 Å². The average Bonchev–Trinajstić information content (AvgIpc) is 2.68. The lowest BCUT2D eigenvalue weighted by Gasteiger charge is -2.08. The van der Waals surface area contributed by atoms with Crippen LogP contribution < -0.4 is 5.32 Å². The van der Waals surface area contributed by atoms with Crippen LogP contribution in [-0.4, -0.2) is 10.2 Å². The van der Waals surface area contributed by atoms with Gasteiger partial charge in [-0.25, -0.2) is 8.78 Å².